The molecule has 0 saturated carbocycles. The van der Waals surface area contributed by atoms with Crippen LogP contribution in [0.25, 0.3) is 0 Å². The minimum absolute atomic E-state index is 0.0863. The molecule has 0 aliphatic heterocycles. The fourth-order valence-corrected chi connectivity index (χ4v) is 2.25. The smallest absolute Gasteiger partial charge is 0.328 e. The number of nitrogens with one attached hydrogen (secondary N) is 1. The minimum Gasteiger partial charge on any atom is -0.507 e. The van der Waals surface area contributed by atoms with E-state index in [2.05, 4.69) is 10.3 Å². The summed E-state index contributed by atoms with van der Waals surface area (Å²) in [4.78, 5) is 27.9. The number of rotatable bonds is 7. The van der Waals surface area contributed by atoms with E-state index in [1.165, 1.54) is 19.4 Å². The van der Waals surface area contributed by atoms with E-state index in [4.69, 9.17) is 4.74 Å². The summed E-state index contributed by atoms with van der Waals surface area (Å²) in [5.41, 5.74) is 1.43. The van der Waals surface area contributed by atoms with Crippen molar-refractivity contribution in [3.05, 3.63) is 65.7 Å². The monoisotopic (exact) mass is 340 g/mol. The molecule has 0 aliphatic carbocycles. The Morgan fingerprint density at radius 2 is 1.84 bits per heavy atom. The van der Waals surface area contributed by atoms with Crippen LogP contribution in [0, 0.1) is 0 Å². The fraction of sp³-hybridized carbons (Fsp3) is 0.211. The third-order valence-corrected chi connectivity index (χ3v) is 3.51. The zero-order valence-electron chi connectivity index (χ0n) is 13.9. The Morgan fingerprint density at radius 3 is 2.52 bits per heavy atom. The highest BCUT2D eigenvalue weighted by molar-refractivity contribution is 5.88. The number of amides is 1. The molecule has 0 unspecified atom stereocenters. The predicted octanol–water partition coefficient (Wildman–Crippen LogP) is 1.71. The summed E-state index contributed by atoms with van der Waals surface area (Å²) in [5.74, 6) is -0.830. The van der Waals surface area contributed by atoms with Crippen molar-refractivity contribution >= 4 is 18.1 Å². The average Bonchev–Trinajstić information content (AvgIpc) is 2.63. The van der Waals surface area contributed by atoms with Crippen molar-refractivity contribution in [3.63, 3.8) is 0 Å². The normalized spacial score (nSPS) is 11.9. The maximum atomic E-state index is 12.0. The second-order valence-corrected chi connectivity index (χ2v) is 5.36. The molecule has 0 radical (unpaired) electrons. The third kappa shape index (κ3) is 5.76. The number of carbonyl (C=O) groups excluding carboxylic acids is 2. The van der Waals surface area contributed by atoms with Crippen LogP contribution in [0.1, 0.15) is 11.1 Å². The third-order valence-electron chi connectivity index (χ3n) is 3.51. The van der Waals surface area contributed by atoms with Crippen molar-refractivity contribution < 1.29 is 19.4 Å². The van der Waals surface area contributed by atoms with Gasteiger partial charge in [-0.2, -0.15) is 0 Å². The number of methoxy groups -OCH3 is 1. The molecule has 0 heterocycles. The Kier molecular flexibility index (Phi) is 6.71. The lowest BCUT2D eigenvalue weighted by molar-refractivity contribution is -0.144. The summed E-state index contributed by atoms with van der Waals surface area (Å²) < 4.78 is 4.75. The molecule has 0 fully saturated rings. The Labute approximate surface area is 146 Å². The van der Waals surface area contributed by atoms with Crippen molar-refractivity contribution in [3.8, 4) is 5.75 Å². The summed E-state index contributed by atoms with van der Waals surface area (Å²) in [7, 11) is 1.28. The van der Waals surface area contributed by atoms with Crippen LogP contribution in [-0.2, 0) is 20.7 Å². The summed E-state index contributed by atoms with van der Waals surface area (Å²) in [5, 5.41) is 12.3. The molecule has 2 N–H and O–H groups in total. The number of nitrogens with zero attached hydrogens (tertiary/aromatic N) is 1. The van der Waals surface area contributed by atoms with Gasteiger partial charge >= 0.3 is 5.97 Å². The van der Waals surface area contributed by atoms with Gasteiger partial charge in [-0.15, -0.1) is 0 Å². The number of phenolic OH excluding ortho intramolecular Hbond substituents is 1. The number of ether oxygens (including phenoxy) is 1. The number of benzene rings is 2. The van der Waals surface area contributed by atoms with Crippen LogP contribution in [0.5, 0.6) is 5.75 Å². The number of hydrogen-bond acceptors (Lipinski definition) is 5. The first-order valence-corrected chi connectivity index (χ1v) is 7.79. The van der Waals surface area contributed by atoms with Crippen LogP contribution in [-0.4, -0.2) is 42.9 Å². The van der Waals surface area contributed by atoms with Crippen molar-refractivity contribution in [1.82, 2.24) is 5.32 Å². The van der Waals surface area contributed by atoms with E-state index in [-0.39, 0.29) is 12.3 Å². The van der Waals surface area contributed by atoms with Gasteiger partial charge in [0.15, 0.2) is 0 Å². The molecule has 2 aromatic carbocycles. The number of aliphatic imine (C=N–C) groups is 1. The minimum atomic E-state index is -0.778. The Hall–Kier alpha value is -3.15. The number of esters is 1. The molecule has 0 spiro atoms. The van der Waals surface area contributed by atoms with E-state index in [1.54, 1.807) is 18.2 Å². The highest BCUT2D eigenvalue weighted by atomic mass is 16.5. The molecule has 2 rings (SSSR count). The van der Waals surface area contributed by atoms with Crippen LogP contribution >= 0.6 is 0 Å². The fourth-order valence-electron chi connectivity index (χ4n) is 2.25. The van der Waals surface area contributed by atoms with E-state index in [1.807, 2.05) is 30.3 Å². The molecule has 1 atom stereocenters. The van der Waals surface area contributed by atoms with Crippen molar-refractivity contribution in [2.75, 3.05) is 13.7 Å². The lowest BCUT2D eigenvalue weighted by Crippen LogP contribution is -2.44. The number of aromatic hydroxyl groups is 1. The van der Waals surface area contributed by atoms with E-state index in [0.717, 1.165) is 5.56 Å². The van der Waals surface area contributed by atoms with Crippen molar-refractivity contribution in [2.24, 2.45) is 4.99 Å². The first-order chi connectivity index (χ1) is 12.1. The highest BCUT2D eigenvalue weighted by Crippen LogP contribution is 2.12. The first-order valence-electron chi connectivity index (χ1n) is 7.79. The Bertz CT molecular complexity index is 744. The van der Waals surface area contributed by atoms with Gasteiger partial charge in [0.1, 0.15) is 18.3 Å². The van der Waals surface area contributed by atoms with Gasteiger partial charge in [0.25, 0.3) is 0 Å². The average molecular weight is 340 g/mol. The summed E-state index contributed by atoms with van der Waals surface area (Å²) in [6, 6.07) is 15.3. The quantitative estimate of drug-likeness (QED) is 0.593. The molecular formula is C19H20N2O4. The number of para-hydroxylation sites is 1. The van der Waals surface area contributed by atoms with Gasteiger partial charge in [0.2, 0.25) is 5.91 Å². The molecule has 1 amide bonds. The topological polar surface area (TPSA) is 88.0 Å². The van der Waals surface area contributed by atoms with Gasteiger partial charge in [0, 0.05) is 18.2 Å². The molecule has 2 aromatic rings. The van der Waals surface area contributed by atoms with Crippen LogP contribution in [0.15, 0.2) is 59.6 Å². The Balaban J connectivity index is 1.95. The van der Waals surface area contributed by atoms with Crippen LogP contribution in [0.4, 0.5) is 0 Å². The molecule has 0 aliphatic rings. The van der Waals surface area contributed by atoms with Crippen LogP contribution in [0.2, 0.25) is 0 Å². The standard InChI is InChI=1S/C19H20N2O4/c1-25-19(24)16(11-14-7-3-2-4-8-14)21-18(23)13-20-12-15-9-5-6-10-17(15)22/h2-10,12,16,22H,11,13H2,1H3,(H,21,23)/b20-12+/t16-/m0/s1. The number of carbonyl (C=O) groups is 2. The molecule has 6 heteroatoms. The molecule has 25 heavy (non-hydrogen) atoms. The summed E-state index contributed by atoms with van der Waals surface area (Å²) >= 11 is 0. The van der Waals surface area contributed by atoms with Crippen LogP contribution < -0.4 is 5.32 Å². The van der Waals surface area contributed by atoms with Gasteiger partial charge in [-0.25, -0.2) is 4.79 Å². The lowest BCUT2D eigenvalue weighted by atomic mass is 10.1. The van der Waals surface area contributed by atoms with Crippen LogP contribution in [0.3, 0.4) is 0 Å². The molecule has 130 valence electrons. The van der Waals surface area contributed by atoms with E-state index in [0.29, 0.717) is 12.0 Å². The van der Waals surface area contributed by atoms with Gasteiger partial charge in [0.05, 0.1) is 7.11 Å². The zero-order valence-corrected chi connectivity index (χ0v) is 13.9. The Morgan fingerprint density at radius 1 is 1.16 bits per heavy atom. The molecule has 0 bridgehead atoms. The van der Waals surface area contributed by atoms with Crippen molar-refractivity contribution in [2.45, 2.75) is 12.5 Å². The van der Waals surface area contributed by atoms with Gasteiger partial charge < -0.3 is 15.2 Å². The molecular weight excluding hydrogens is 320 g/mol. The first kappa shape index (κ1) is 18.2. The van der Waals surface area contributed by atoms with E-state index in [9.17, 15) is 14.7 Å². The SMILES string of the molecule is COC(=O)[C@H](Cc1ccccc1)NC(=O)C/N=C/c1ccccc1O. The van der Waals surface area contributed by atoms with Crippen molar-refractivity contribution in [1.29, 1.82) is 0 Å². The largest absolute Gasteiger partial charge is 0.507 e. The van der Waals surface area contributed by atoms with E-state index >= 15 is 0 Å². The highest BCUT2D eigenvalue weighted by Gasteiger charge is 2.21. The van der Waals surface area contributed by atoms with Gasteiger partial charge in [-0.1, -0.05) is 42.5 Å². The summed E-state index contributed by atoms with van der Waals surface area (Å²) in [6.07, 6.45) is 1.75. The number of hydrogen-bond donors (Lipinski definition) is 2. The lowest BCUT2D eigenvalue weighted by Gasteiger charge is -2.16. The number of phenols is 1. The predicted molar refractivity (Wildman–Crippen MR) is 94.7 cm³/mol. The van der Waals surface area contributed by atoms with Gasteiger partial charge in [-0.05, 0) is 17.7 Å². The molecule has 0 saturated heterocycles. The second-order valence-electron chi connectivity index (χ2n) is 5.36. The molecule has 6 nitrogen and oxygen atoms in total. The van der Waals surface area contributed by atoms with Gasteiger partial charge in [-0.3, -0.25) is 9.79 Å². The maximum Gasteiger partial charge on any atom is 0.328 e. The van der Waals surface area contributed by atoms with E-state index < -0.39 is 17.9 Å². The zero-order chi connectivity index (χ0) is 18.1. The molecule has 0 aromatic heterocycles. The maximum absolute atomic E-state index is 12.0. The second kappa shape index (κ2) is 9.22. The summed E-state index contributed by atoms with van der Waals surface area (Å²) in [6.45, 7) is -0.156.